The molecule has 50 heavy (non-hydrogen) atoms. The zero-order valence-electron chi connectivity index (χ0n) is 33.2. The van der Waals surface area contributed by atoms with Gasteiger partial charge in [0.25, 0.3) is 0 Å². The van der Waals surface area contributed by atoms with Crippen LogP contribution in [0.3, 0.4) is 0 Å². The van der Waals surface area contributed by atoms with Crippen LogP contribution in [0, 0.1) is 0 Å². The Kier molecular flexibility index (Phi) is 38.1. The van der Waals surface area contributed by atoms with Crippen LogP contribution in [-0.2, 0) is 4.79 Å². The molecule has 0 saturated carbocycles. The van der Waals surface area contributed by atoms with Gasteiger partial charge in [0, 0.05) is 0 Å². The number of aliphatic hydroxyl groups is 4. The molecule has 0 aromatic carbocycles. The summed E-state index contributed by atoms with van der Waals surface area (Å²) >= 11 is 0. The zero-order chi connectivity index (χ0) is 36.8. The highest BCUT2D eigenvalue weighted by molar-refractivity contribution is 5.80. The maximum atomic E-state index is 12.4. The molecule has 1 amide bonds. The predicted molar refractivity (Wildman–Crippen MR) is 214 cm³/mol. The molecule has 0 rings (SSSR count). The molecule has 0 aliphatic rings. The number of carbonyl (C=O) groups is 1. The monoisotopic (exact) mass is 708 g/mol. The molecule has 0 heterocycles. The first-order valence-electron chi connectivity index (χ1n) is 21.7. The average molecular weight is 708 g/mol. The first kappa shape index (κ1) is 48.8. The van der Waals surface area contributed by atoms with Crippen molar-refractivity contribution in [2.24, 2.45) is 0 Å². The summed E-state index contributed by atoms with van der Waals surface area (Å²) in [5.41, 5.74) is 0. The van der Waals surface area contributed by atoms with Crippen LogP contribution in [0.4, 0.5) is 0 Å². The van der Waals surface area contributed by atoms with Gasteiger partial charge < -0.3 is 25.7 Å². The third-order valence-corrected chi connectivity index (χ3v) is 10.2. The fraction of sp³-hybridized carbons (Fsp3) is 0.886. The third-order valence-electron chi connectivity index (χ3n) is 10.2. The Morgan fingerprint density at radius 3 is 1.30 bits per heavy atom. The number of unbranched alkanes of at least 4 members (excludes halogenated alkanes) is 27. The number of nitrogens with one attached hydrogen (secondary N) is 1. The van der Waals surface area contributed by atoms with E-state index < -0.39 is 36.9 Å². The molecule has 0 radical (unpaired) electrons. The lowest BCUT2D eigenvalue weighted by Crippen LogP contribution is -2.53. The predicted octanol–water partition coefficient (Wildman–Crippen LogP) is 11.2. The van der Waals surface area contributed by atoms with Crippen molar-refractivity contribution >= 4 is 5.91 Å². The molecule has 0 aromatic heterocycles. The maximum Gasteiger partial charge on any atom is 0.249 e. The van der Waals surface area contributed by atoms with E-state index in [9.17, 15) is 25.2 Å². The van der Waals surface area contributed by atoms with E-state index in [1.165, 1.54) is 148 Å². The van der Waals surface area contributed by atoms with Crippen molar-refractivity contribution in [1.29, 1.82) is 0 Å². The van der Waals surface area contributed by atoms with Gasteiger partial charge in [-0.2, -0.15) is 0 Å². The highest BCUT2D eigenvalue weighted by Crippen LogP contribution is 2.17. The Labute approximate surface area is 310 Å². The van der Waals surface area contributed by atoms with Crippen LogP contribution in [0.15, 0.2) is 24.3 Å². The molecule has 0 aromatic rings. The summed E-state index contributed by atoms with van der Waals surface area (Å²) in [5, 5.41) is 43.3. The van der Waals surface area contributed by atoms with E-state index in [1.54, 1.807) is 0 Å². The largest absolute Gasteiger partial charge is 0.394 e. The number of hydrogen-bond donors (Lipinski definition) is 5. The van der Waals surface area contributed by atoms with Crippen LogP contribution in [0.1, 0.15) is 219 Å². The van der Waals surface area contributed by atoms with E-state index in [0.717, 1.165) is 38.5 Å². The molecule has 0 spiro atoms. The molecule has 4 unspecified atom stereocenters. The summed E-state index contributed by atoms with van der Waals surface area (Å²) in [4.78, 5) is 12.4. The van der Waals surface area contributed by atoms with Crippen molar-refractivity contribution in [1.82, 2.24) is 5.32 Å². The molecular formula is C44H85NO5. The smallest absolute Gasteiger partial charge is 0.249 e. The van der Waals surface area contributed by atoms with Gasteiger partial charge in [-0.1, -0.05) is 198 Å². The summed E-state index contributed by atoms with van der Waals surface area (Å²) in [6.45, 7) is 3.80. The Morgan fingerprint density at radius 1 is 0.520 bits per heavy atom. The van der Waals surface area contributed by atoms with Gasteiger partial charge >= 0.3 is 0 Å². The molecule has 6 heteroatoms. The van der Waals surface area contributed by atoms with Gasteiger partial charge in [0.2, 0.25) is 5.91 Å². The van der Waals surface area contributed by atoms with Gasteiger partial charge in [-0.3, -0.25) is 4.79 Å². The number of allylic oxidation sites excluding steroid dienone is 4. The molecule has 0 aliphatic carbocycles. The molecule has 0 saturated heterocycles. The Balaban J connectivity index is 3.58. The van der Waals surface area contributed by atoms with Crippen molar-refractivity contribution in [2.75, 3.05) is 6.61 Å². The minimum absolute atomic E-state index is 0.363. The molecule has 6 nitrogen and oxygen atoms in total. The van der Waals surface area contributed by atoms with Gasteiger partial charge in [0.05, 0.1) is 18.8 Å². The van der Waals surface area contributed by atoms with Crippen LogP contribution in [0.25, 0.3) is 0 Å². The fourth-order valence-electron chi connectivity index (χ4n) is 6.78. The van der Waals surface area contributed by atoms with Crippen LogP contribution >= 0.6 is 0 Å². The van der Waals surface area contributed by atoms with Gasteiger partial charge in [-0.15, -0.1) is 0 Å². The number of carbonyl (C=O) groups excluding carboxylic acids is 1. The van der Waals surface area contributed by atoms with Crippen LogP contribution in [0.5, 0.6) is 0 Å². The second kappa shape index (κ2) is 39.0. The molecular weight excluding hydrogens is 622 g/mol. The first-order chi connectivity index (χ1) is 24.5. The summed E-state index contributed by atoms with van der Waals surface area (Å²) in [5.74, 6) is -0.598. The minimum atomic E-state index is -1.28. The molecule has 5 N–H and O–H groups in total. The summed E-state index contributed by atoms with van der Waals surface area (Å²) in [7, 11) is 0. The lowest BCUT2D eigenvalue weighted by atomic mass is 10.00. The van der Waals surface area contributed by atoms with E-state index >= 15 is 0 Å². The standard InChI is InChI=1S/C44H85NO5/c1-3-5-7-9-11-13-14-15-16-17-18-19-20-21-22-23-24-25-26-27-28-29-30-32-34-36-38-42(48)44(50)45-40(39-46)43(49)41(47)37-35-33-31-12-10-8-6-4-2/h4,6,12,31,40-43,46-49H,3,5,7-11,13-30,32-39H2,1-2H3,(H,45,50)/b6-4+,31-12+. The summed E-state index contributed by atoms with van der Waals surface area (Å²) in [6, 6.07) is -1.00. The van der Waals surface area contributed by atoms with Crippen LogP contribution in [-0.4, -0.2) is 57.3 Å². The van der Waals surface area contributed by atoms with E-state index in [4.69, 9.17) is 0 Å². The molecule has 0 aliphatic heterocycles. The van der Waals surface area contributed by atoms with E-state index in [0.29, 0.717) is 19.3 Å². The highest BCUT2D eigenvalue weighted by Gasteiger charge is 2.28. The second-order valence-corrected chi connectivity index (χ2v) is 15.0. The first-order valence-corrected chi connectivity index (χ1v) is 21.7. The molecule has 296 valence electrons. The van der Waals surface area contributed by atoms with Crippen molar-refractivity contribution in [3.05, 3.63) is 24.3 Å². The minimum Gasteiger partial charge on any atom is -0.394 e. The van der Waals surface area contributed by atoms with Gasteiger partial charge in [-0.05, 0) is 45.4 Å². The van der Waals surface area contributed by atoms with Crippen molar-refractivity contribution in [3.63, 3.8) is 0 Å². The van der Waals surface area contributed by atoms with Gasteiger partial charge in [0.15, 0.2) is 0 Å². The fourth-order valence-corrected chi connectivity index (χ4v) is 6.78. The van der Waals surface area contributed by atoms with Crippen molar-refractivity contribution < 1.29 is 25.2 Å². The Morgan fingerprint density at radius 2 is 0.900 bits per heavy atom. The maximum absolute atomic E-state index is 12.4. The molecule has 0 fully saturated rings. The van der Waals surface area contributed by atoms with E-state index in [2.05, 4.69) is 30.5 Å². The van der Waals surface area contributed by atoms with E-state index in [1.807, 2.05) is 13.0 Å². The Hall–Kier alpha value is -1.21. The summed E-state index contributed by atoms with van der Waals surface area (Å²) in [6.07, 6.45) is 44.1. The number of aliphatic hydroxyl groups excluding tert-OH is 4. The summed E-state index contributed by atoms with van der Waals surface area (Å²) < 4.78 is 0. The number of rotatable bonds is 39. The Bertz CT molecular complexity index is 757. The van der Waals surface area contributed by atoms with Crippen molar-refractivity contribution in [3.8, 4) is 0 Å². The lowest BCUT2D eigenvalue weighted by molar-refractivity contribution is -0.132. The highest BCUT2D eigenvalue weighted by atomic mass is 16.3. The quantitative estimate of drug-likeness (QED) is 0.0323. The lowest BCUT2D eigenvalue weighted by Gasteiger charge is -2.27. The van der Waals surface area contributed by atoms with Gasteiger partial charge in [0.1, 0.15) is 12.2 Å². The average Bonchev–Trinajstić information content (AvgIpc) is 3.12. The number of hydrogen-bond acceptors (Lipinski definition) is 5. The topological polar surface area (TPSA) is 110 Å². The third kappa shape index (κ3) is 32.7. The zero-order valence-corrected chi connectivity index (χ0v) is 33.2. The van der Waals surface area contributed by atoms with Crippen LogP contribution < -0.4 is 5.32 Å². The van der Waals surface area contributed by atoms with E-state index in [-0.39, 0.29) is 0 Å². The second-order valence-electron chi connectivity index (χ2n) is 15.0. The number of amides is 1. The van der Waals surface area contributed by atoms with Crippen LogP contribution in [0.2, 0.25) is 0 Å². The molecule has 4 atom stereocenters. The molecule has 0 bridgehead atoms. The van der Waals surface area contributed by atoms with Crippen molar-refractivity contribution in [2.45, 2.75) is 244 Å². The van der Waals surface area contributed by atoms with Gasteiger partial charge in [-0.25, -0.2) is 0 Å². The SMILES string of the molecule is C/C=C/CC/C=C/CCCC(O)C(O)C(CO)NC(=O)C(O)CCCCCCCCCCCCCCCCCCCCCCCCCCCC. The normalized spacial score (nSPS) is 14.4.